The zero-order valence-electron chi connectivity index (χ0n) is 13.9. The van der Waals surface area contributed by atoms with Gasteiger partial charge in [0.2, 0.25) is 0 Å². The summed E-state index contributed by atoms with van der Waals surface area (Å²) >= 11 is 5.97. The number of aromatic nitrogens is 2. The second kappa shape index (κ2) is 7.29. The highest BCUT2D eigenvalue weighted by molar-refractivity contribution is 7.92. The van der Waals surface area contributed by atoms with Crippen molar-refractivity contribution in [3.8, 4) is 11.5 Å². The van der Waals surface area contributed by atoms with E-state index in [1.165, 1.54) is 25.1 Å². The van der Waals surface area contributed by atoms with Crippen molar-refractivity contribution in [3.63, 3.8) is 0 Å². The number of aryl methyl sites for hydroxylation is 1. The Bertz CT molecular complexity index is 1200. The molecular weight excluding hydrogens is 394 g/mol. The average Bonchev–Trinajstić information content (AvgIpc) is 2.56. The molecule has 1 aromatic heterocycles. The fraction of sp³-hybridized carbons (Fsp3) is 0.0588. The maximum atomic E-state index is 12.7. The van der Waals surface area contributed by atoms with Gasteiger partial charge in [0.05, 0.1) is 5.69 Å². The lowest BCUT2D eigenvalue weighted by molar-refractivity contribution is 0.485. The van der Waals surface area contributed by atoms with Crippen LogP contribution in [0.1, 0.15) is 5.69 Å². The largest absolute Gasteiger partial charge is 0.455 e. The smallest absolute Gasteiger partial charge is 0.325 e. The Hall–Kier alpha value is -3.04. The SMILES string of the molecule is Cc1[nH]c(=O)[nH]c(=O)c1S(=O)(=O)Nc1cc(Cl)ccc1Oc1ccccc1. The molecule has 0 bridgehead atoms. The molecule has 0 aliphatic carbocycles. The number of sulfonamides is 1. The Morgan fingerprint density at radius 1 is 1.04 bits per heavy atom. The van der Waals surface area contributed by atoms with Gasteiger partial charge in [-0.15, -0.1) is 0 Å². The van der Waals surface area contributed by atoms with E-state index in [-0.39, 0.29) is 22.2 Å². The van der Waals surface area contributed by atoms with Crippen LogP contribution in [-0.4, -0.2) is 18.4 Å². The third-order valence-corrected chi connectivity index (χ3v) is 5.25. The van der Waals surface area contributed by atoms with E-state index in [1.54, 1.807) is 24.3 Å². The fourth-order valence-electron chi connectivity index (χ4n) is 2.39. The number of aromatic amines is 2. The van der Waals surface area contributed by atoms with Crippen LogP contribution in [0.5, 0.6) is 11.5 Å². The third kappa shape index (κ3) is 4.21. The van der Waals surface area contributed by atoms with Crippen LogP contribution >= 0.6 is 11.6 Å². The second-order valence-corrected chi connectivity index (χ2v) is 7.58. The van der Waals surface area contributed by atoms with E-state index < -0.39 is 26.2 Å². The number of hydrogen-bond donors (Lipinski definition) is 3. The number of H-pyrrole nitrogens is 2. The Morgan fingerprint density at radius 3 is 2.41 bits per heavy atom. The van der Waals surface area contributed by atoms with Crippen molar-refractivity contribution < 1.29 is 13.2 Å². The first-order valence-corrected chi connectivity index (χ1v) is 9.51. The van der Waals surface area contributed by atoms with Crippen LogP contribution in [-0.2, 0) is 10.0 Å². The second-order valence-electron chi connectivity index (χ2n) is 5.52. The van der Waals surface area contributed by atoms with Crippen molar-refractivity contribution in [3.05, 3.63) is 80.1 Å². The Labute approximate surface area is 158 Å². The summed E-state index contributed by atoms with van der Waals surface area (Å²) in [6, 6.07) is 13.1. The topological polar surface area (TPSA) is 121 Å². The number of rotatable bonds is 5. The van der Waals surface area contributed by atoms with Gasteiger partial charge in [-0.25, -0.2) is 13.2 Å². The molecule has 1 heterocycles. The molecule has 140 valence electrons. The zero-order chi connectivity index (χ0) is 19.6. The van der Waals surface area contributed by atoms with Crippen LogP contribution in [0.2, 0.25) is 5.02 Å². The van der Waals surface area contributed by atoms with E-state index in [1.807, 2.05) is 11.1 Å². The number of para-hydroxylation sites is 1. The standard InChI is InChI=1S/C17H14ClN3O5S/c1-10-15(16(22)20-17(23)19-10)27(24,25)21-13-9-11(18)7-8-14(13)26-12-5-3-2-4-6-12/h2-9,21H,1H3,(H2,19,20,22,23). The van der Waals surface area contributed by atoms with Gasteiger partial charge in [0.15, 0.2) is 10.6 Å². The molecule has 0 saturated heterocycles. The lowest BCUT2D eigenvalue weighted by Gasteiger charge is -2.14. The first-order chi connectivity index (χ1) is 12.8. The van der Waals surface area contributed by atoms with Crippen molar-refractivity contribution in [1.29, 1.82) is 0 Å². The molecule has 8 nitrogen and oxygen atoms in total. The number of hydrogen-bond acceptors (Lipinski definition) is 5. The van der Waals surface area contributed by atoms with Crippen LogP contribution in [0.15, 0.2) is 63.0 Å². The molecule has 3 N–H and O–H groups in total. The third-order valence-electron chi connectivity index (χ3n) is 3.50. The Kier molecular flexibility index (Phi) is 5.06. The van der Waals surface area contributed by atoms with Crippen LogP contribution < -0.4 is 20.7 Å². The molecule has 0 radical (unpaired) electrons. The highest BCUT2D eigenvalue weighted by Gasteiger charge is 2.24. The quantitative estimate of drug-likeness (QED) is 0.600. The summed E-state index contributed by atoms with van der Waals surface area (Å²) in [5.41, 5.74) is -1.89. The minimum atomic E-state index is -4.33. The lowest BCUT2D eigenvalue weighted by atomic mass is 10.3. The van der Waals surface area contributed by atoms with Gasteiger partial charge in [-0.2, -0.15) is 0 Å². The van der Waals surface area contributed by atoms with Gasteiger partial charge in [-0.05, 0) is 37.3 Å². The summed E-state index contributed by atoms with van der Waals surface area (Å²) in [5.74, 6) is 0.672. The van der Waals surface area contributed by atoms with Crippen LogP contribution in [0.4, 0.5) is 5.69 Å². The number of benzene rings is 2. The van der Waals surface area contributed by atoms with Crippen molar-refractivity contribution in [2.24, 2.45) is 0 Å². The lowest BCUT2D eigenvalue weighted by Crippen LogP contribution is -2.31. The molecule has 0 spiro atoms. The first kappa shape index (κ1) is 18.7. The highest BCUT2D eigenvalue weighted by atomic mass is 35.5. The van der Waals surface area contributed by atoms with Gasteiger partial charge in [0.25, 0.3) is 15.6 Å². The highest BCUT2D eigenvalue weighted by Crippen LogP contribution is 2.33. The molecule has 0 atom stereocenters. The Balaban J connectivity index is 2.04. The van der Waals surface area contributed by atoms with E-state index in [9.17, 15) is 18.0 Å². The van der Waals surface area contributed by atoms with E-state index >= 15 is 0 Å². The van der Waals surface area contributed by atoms with Crippen LogP contribution in [0.3, 0.4) is 0 Å². The zero-order valence-corrected chi connectivity index (χ0v) is 15.5. The first-order valence-electron chi connectivity index (χ1n) is 7.65. The van der Waals surface area contributed by atoms with Crippen molar-refractivity contribution in [1.82, 2.24) is 9.97 Å². The molecule has 0 saturated carbocycles. The molecule has 0 aliphatic heterocycles. The molecule has 3 rings (SSSR count). The van der Waals surface area contributed by atoms with E-state index in [4.69, 9.17) is 16.3 Å². The van der Waals surface area contributed by atoms with Gasteiger partial charge in [-0.1, -0.05) is 29.8 Å². The monoisotopic (exact) mass is 407 g/mol. The van der Waals surface area contributed by atoms with E-state index in [0.29, 0.717) is 5.75 Å². The van der Waals surface area contributed by atoms with Gasteiger partial charge in [0, 0.05) is 10.7 Å². The molecule has 0 fully saturated rings. The van der Waals surface area contributed by atoms with E-state index in [0.717, 1.165) is 0 Å². The predicted octanol–water partition coefficient (Wildman–Crippen LogP) is 2.62. The molecule has 3 aromatic rings. The predicted molar refractivity (Wildman–Crippen MR) is 101 cm³/mol. The molecule has 2 aromatic carbocycles. The normalized spacial score (nSPS) is 11.2. The van der Waals surface area contributed by atoms with Gasteiger partial charge in [-0.3, -0.25) is 14.5 Å². The molecule has 0 unspecified atom stereocenters. The summed E-state index contributed by atoms with van der Waals surface area (Å²) in [4.78, 5) is 26.8. The number of halogens is 1. The van der Waals surface area contributed by atoms with Gasteiger partial charge >= 0.3 is 5.69 Å². The molecule has 0 amide bonds. The molecular formula is C17H14ClN3O5S. The maximum Gasteiger partial charge on any atom is 0.325 e. The molecule has 27 heavy (non-hydrogen) atoms. The summed E-state index contributed by atoms with van der Waals surface area (Å²) in [6.45, 7) is 1.31. The average molecular weight is 408 g/mol. The van der Waals surface area contributed by atoms with Crippen molar-refractivity contribution >= 4 is 27.3 Å². The summed E-state index contributed by atoms with van der Waals surface area (Å²) in [5, 5.41) is 0.264. The number of anilines is 1. The van der Waals surface area contributed by atoms with Crippen molar-refractivity contribution in [2.45, 2.75) is 11.8 Å². The van der Waals surface area contributed by atoms with E-state index in [2.05, 4.69) is 9.71 Å². The molecule has 10 heteroatoms. The summed E-state index contributed by atoms with van der Waals surface area (Å²) in [6.07, 6.45) is 0. The number of nitrogens with one attached hydrogen (secondary N) is 3. The fourth-order valence-corrected chi connectivity index (χ4v) is 3.87. The van der Waals surface area contributed by atoms with Crippen LogP contribution in [0.25, 0.3) is 0 Å². The summed E-state index contributed by atoms with van der Waals surface area (Å²) < 4.78 is 33.4. The minimum absolute atomic E-state index is 0.0383. The van der Waals surface area contributed by atoms with Crippen molar-refractivity contribution in [2.75, 3.05) is 4.72 Å². The van der Waals surface area contributed by atoms with Gasteiger partial charge in [0.1, 0.15) is 5.75 Å². The molecule has 0 aliphatic rings. The van der Waals surface area contributed by atoms with Crippen LogP contribution in [0, 0.1) is 6.92 Å². The number of ether oxygens (including phenoxy) is 1. The minimum Gasteiger partial charge on any atom is -0.455 e. The Morgan fingerprint density at radius 2 is 1.74 bits per heavy atom. The maximum absolute atomic E-state index is 12.7. The summed E-state index contributed by atoms with van der Waals surface area (Å²) in [7, 11) is -4.33. The van der Waals surface area contributed by atoms with Gasteiger partial charge < -0.3 is 9.72 Å².